The predicted octanol–water partition coefficient (Wildman–Crippen LogP) is 2.73. The third kappa shape index (κ3) is 3.70. The number of amides is 1. The summed E-state index contributed by atoms with van der Waals surface area (Å²) in [6.45, 7) is 4.96. The van der Waals surface area contributed by atoms with Crippen molar-refractivity contribution in [2.45, 2.75) is 44.8 Å². The number of likely N-dealkylation sites (tertiary alicyclic amines) is 1. The van der Waals surface area contributed by atoms with Crippen LogP contribution in [-0.2, 0) is 14.3 Å². The first-order valence-electron chi connectivity index (χ1n) is 9.16. The van der Waals surface area contributed by atoms with Gasteiger partial charge in [-0.15, -0.1) is 0 Å². The number of rotatable bonds is 3. The van der Waals surface area contributed by atoms with Gasteiger partial charge in [0.2, 0.25) is 5.91 Å². The van der Waals surface area contributed by atoms with Crippen molar-refractivity contribution >= 4 is 16.9 Å². The van der Waals surface area contributed by atoms with Crippen LogP contribution < -0.4 is 0 Å². The SMILES string of the molecule is Cc1ccc2nc(C3CCCN(C(=O)CC4OCCCO4)C3)[nH]c2c1. The summed E-state index contributed by atoms with van der Waals surface area (Å²) in [5, 5.41) is 0. The second kappa shape index (κ2) is 7.14. The third-order valence-electron chi connectivity index (χ3n) is 5.05. The molecule has 1 N–H and O–H groups in total. The highest BCUT2D eigenvalue weighted by atomic mass is 16.7. The molecule has 6 heteroatoms. The fourth-order valence-corrected chi connectivity index (χ4v) is 3.69. The number of hydrogen-bond donors (Lipinski definition) is 1. The molecule has 2 aliphatic heterocycles. The Hall–Kier alpha value is -1.92. The van der Waals surface area contributed by atoms with Gasteiger partial charge in [0.25, 0.3) is 0 Å². The fourth-order valence-electron chi connectivity index (χ4n) is 3.69. The lowest BCUT2D eigenvalue weighted by molar-refractivity contribution is -0.187. The Balaban J connectivity index is 1.43. The molecule has 0 bridgehead atoms. The van der Waals surface area contributed by atoms with Crippen molar-refractivity contribution in [1.29, 1.82) is 0 Å². The normalized spacial score (nSPS) is 22.4. The lowest BCUT2D eigenvalue weighted by Gasteiger charge is -2.33. The maximum atomic E-state index is 12.6. The second-order valence-electron chi connectivity index (χ2n) is 7.05. The van der Waals surface area contributed by atoms with E-state index in [4.69, 9.17) is 14.5 Å². The van der Waals surface area contributed by atoms with Crippen molar-refractivity contribution in [3.8, 4) is 0 Å². The monoisotopic (exact) mass is 343 g/mol. The molecule has 2 aromatic rings. The average molecular weight is 343 g/mol. The minimum Gasteiger partial charge on any atom is -0.352 e. The molecule has 25 heavy (non-hydrogen) atoms. The van der Waals surface area contributed by atoms with Crippen LogP contribution in [0.4, 0.5) is 0 Å². The molecule has 1 aromatic carbocycles. The second-order valence-corrected chi connectivity index (χ2v) is 7.05. The van der Waals surface area contributed by atoms with Gasteiger partial charge in [-0.25, -0.2) is 4.98 Å². The number of aromatic amines is 1. The van der Waals surface area contributed by atoms with E-state index in [-0.39, 0.29) is 18.1 Å². The fraction of sp³-hybridized carbons (Fsp3) is 0.579. The van der Waals surface area contributed by atoms with E-state index in [1.54, 1.807) is 0 Å². The summed E-state index contributed by atoms with van der Waals surface area (Å²) in [4.78, 5) is 22.7. The molecular weight excluding hydrogens is 318 g/mol. The number of nitrogens with one attached hydrogen (secondary N) is 1. The van der Waals surface area contributed by atoms with Crippen LogP contribution in [0.1, 0.15) is 43.0 Å². The first-order valence-corrected chi connectivity index (χ1v) is 9.16. The van der Waals surface area contributed by atoms with Crippen LogP contribution in [0.25, 0.3) is 11.0 Å². The molecule has 3 heterocycles. The molecule has 2 saturated heterocycles. The lowest BCUT2D eigenvalue weighted by atomic mass is 9.97. The van der Waals surface area contributed by atoms with Gasteiger partial charge in [-0.05, 0) is 43.9 Å². The Morgan fingerprint density at radius 1 is 1.32 bits per heavy atom. The number of carbonyl (C=O) groups excluding carboxylic acids is 1. The van der Waals surface area contributed by atoms with Crippen LogP contribution in [0, 0.1) is 6.92 Å². The van der Waals surface area contributed by atoms with Crippen LogP contribution in [0.3, 0.4) is 0 Å². The number of piperidine rings is 1. The smallest absolute Gasteiger partial charge is 0.227 e. The number of fused-ring (bicyclic) bond motifs is 1. The number of aromatic nitrogens is 2. The molecule has 1 amide bonds. The number of carbonyl (C=O) groups is 1. The summed E-state index contributed by atoms with van der Waals surface area (Å²) >= 11 is 0. The molecule has 134 valence electrons. The molecule has 2 aliphatic rings. The summed E-state index contributed by atoms with van der Waals surface area (Å²) in [6, 6.07) is 6.25. The standard InChI is InChI=1S/C19H25N3O3/c1-13-5-6-15-16(10-13)21-19(20-15)14-4-2-7-22(12-14)17(23)11-18-24-8-3-9-25-18/h5-6,10,14,18H,2-4,7-9,11-12H2,1H3,(H,20,21). The Morgan fingerprint density at radius 3 is 3.00 bits per heavy atom. The number of hydrogen-bond acceptors (Lipinski definition) is 4. The number of aryl methyl sites for hydroxylation is 1. The van der Waals surface area contributed by atoms with E-state index in [0.717, 1.165) is 42.7 Å². The van der Waals surface area contributed by atoms with Gasteiger partial charge in [0.05, 0.1) is 30.7 Å². The molecular formula is C19H25N3O3. The maximum absolute atomic E-state index is 12.6. The molecule has 0 spiro atoms. The van der Waals surface area contributed by atoms with Crippen LogP contribution in [0.2, 0.25) is 0 Å². The summed E-state index contributed by atoms with van der Waals surface area (Å²) in [7, 11) is 0. The van der Waals surface area contributed by atoms with E-state index in [2.05, 4.69) is 24.0 Å². The minimum atomic E-state index is -0.379. The lowest BCUT2D eigenvalue weighted by Crippen LogP contribution is -2.41. The Morgan fingerprint density at radius 2 is 2.16 bits per heavy atom. The van der Waals surface area contributed by atoms with Crippen LogP contribution in [0.15, 0.2) is 18.2 Å². The number of imidazole rings is 1. The quantitative estimate of drug-likeness (QED) is 0.930. The Labute approximate surface area is 147 Å². The van der Waals surface area contributed by atoms with Crippen molar-refractivity contribution in [2.24, 2.45) is 0 Å². The molecule has 0 aliphatic carbocycles. The molecule has 2 fully saturated rings. The van der Waals surface area contributed by atoms with E-state index < -0.39 is 0 Å². The number of H-pyrrole nitrogens is 1. The number of benzene rings is 1. The molecule has 0 radical (unpaired) electrons. The molecule has 1 aromatic heterocycles. The van der Waals surface area contributed by atoms with E-state index in [9.17, 15) is 4.79 Å². The van der Waals surface area contributed by atoms with E-state index in [0.29, 0.717) is 26.2 Å². The zero-order valence-electron chi connectivity index (χ0n) is 14.7. The van der Waals surface area contributed by atoms with Gasteiger partial charge in [-0.2, -0.15) is 0 Å². The summed E-state index contributed by atoms with van der Waals surface area (Å²) in [5.74, 6) is 1.37. The molecule has 6 nitrogen and oxygen atoms in total. The topological polar surface area (TPSA) is 67.5 Å². The van der Waals surface area contributed by atoms with Crippen molar-refractivity contribution in [3.63, 3.8) is 0 Å². The largest absolute Gasteiger partial charge is 0.352 e. The highest BCUT2D eigenvalue weighted by molar-refractivity contribution is 5.77. The van der Waals surface area contributed by atoms with Crippen molar-refractivity contribution in [1.82, 2.24) is 14.9 Å². The maximum Gasteiger partial charge on any atom is 0.227 e. The predicted molar refractivity (Wildman–Crippen MR) is 94.3 cm³/mol. The van der Waals surface area contributed by atoms with E-state index in [1.165, 1.54) is 5.56 Å². The van der Waals surface area contributed by atoms with Crippen molar-refractivity contribution in [3.05, 3.63) is 29.6 Å². The van der Waals surface area contributed by atoms with Gasteiger partial charge in [-0.1, -0.05) is 6.07 Å². The van der Waals surface area contributed by atoms with Gasteiger partial charge in [0.1, 0.15) is 5.82 Å². The van der Waals surface area contributed by atoms with Gasteiger partial charge >= 0.3 is 0 Å². The Bertz CT molecular complexity index is 751. The van der Waals surface area contributed by atoms with Gasteiger partial charge in [0.15, 0.2) is 6.29 Å². The van der Waals surface area contributed by atoms with E-state index in [1.807, 2.05) is 11.0 Å². The highest BCUT2D eigenvalue weighted by Gasteiger charge is 2.29. The zero-order chi connectivity index (χ0) is 17.2. The first kappa shape index (κ1) is 16.5. The van der Waals surface area contributed by atoms with Gasteiger partial charge in [-0.3, -0.25) is 4.79 Å². The highest BCUT2D eigenvalue weighted by Crippen LogP contribution is 2.27. The van der Waals surface area contributed by atoms with Crippen molar-refractivity contribution < 1.29 is 14.3 Å². The molecule has 1 atom stereocenters. The summed E-state index contributed by atoms with van der Waals surface area (Å²) < 4.78 is 11.0. The van der Waals surface area contributed by atoms with E-state index >= 15 is 0 Å². The zero-order valence-corrected chi connectivity index (χ0v) is 14.7. The average Bonchev–Trinajstić information content (AvgIpc) is 3.06. The summed E-state index contributed by atoms with van der Waals surface area (Å²) in [5.41, 5.74) is 3.28. The van der Waals surface area contributed by atoms with Gasteiger partial charge in [0, 0.05) is 19.0 Å². The third-order valence-corrected chi connectivity index (χ3v) is 5.05. The molecule has 1 unspecified atom stereocenters. The number of nitrogens with zero attached hydrogens (tertiary/aromatic N) is 2. The molecule has 4 rings (SSSR count). The molecule has 0 saturated carbocycles. The first-order chi connectivity index (χ1) is 12.2. The minimum absolute atomic E-state index is 0.114. The number of ether oxygens (including phenoxy) is 2. The van der Waals surface area contributed by atoms with Crippen LogP contribution >= 0.6 is 0 Å². The van der Waals surface area contributed by atoms with Crippen molar-refractivity contribution in [2.75, 3.05) is 26.3 Å². The summed E-state index contributed by atoms with van der Waals surface area (Å²) in [6.07, 6.45) is 2.89. The van der Waals surface area contributed by atoms with Crippen LogP contribution in [-0.4, -0.2) is 53.4 Å². The van der Waals surface area contributed by atoms with Crippen LogP contribution in [0.5, 0.6) is 0 Å². The van der Waals surface area contributed by atoms with Gasteiger partial charge < -0.3 is 19.4 Å². The Kier molecular flexibility index (Phi) is 4.72.